The molecule has 2 N–H and O–H groups in total. The molecule has 0 saturated carbocycles. The molecule has 0 fully saturated rings. The number of aliphatic hydroxyl groups is 1. The van der Waals surface area contributed by atoms with Crippen molar-refractivity contribution in [2.45, 2.75) is 26.3 Å². The average Bonchev–Trinajstić information content (AvgIpc) is 2.91. The molecule has 0 unspecified atom stereocenters. The van der Waals surface area contributed by atoms with Crippen LogP contribution in [0.3, 0.4) is 0 Å². The van der Waals surface area contributed by atoms with Crippen LogP contribution >= 0.6 is 0 Å². The van der Waals surface area contributed by atoms with Crippen LogP contribution in [-0.2, 0) is 6.54 Å². The highest BCUT2D eigenvalue weighted by Crippen LogP contribution is 2.22. The fourth-order valence-corrected chi connectivity index (χ4v) is 2.73. The number of para-hydroxylation sites is 2. The summed E-state index contributed by atoms with van der Waals surface area (Å²) >= 11 is 0. The highest BCUT2D eigenvalue weighted by Gasteiger charge is 2.10. The SMILES string of the molecule is CC(C)c1ccc(Cn2c(NCCO)nc3ccccc32)cc1. The number of anilines is 1. The first-order valence-corrected chi connectivity index (χ1v) is 8.08. The molecule has 23 heavy (non-hydrogen) atoms. The maximum atomic E-state index is 9.07. The lowest BCUT2D eigenvalue weighted by molar-refractivity contribution is 0.310. The van der Waals surface area contributed by atoms with Gasteiger partial charge in [0.15, 0.2) is 0 Å². The Morgan fingerprint density at radius 1 is 1.09 bits per heavy atom. The van der Waals surface area contributed by atoms with E-state index in [0.717, 1.165) is 23.5 Å². The van der Waals surface area contributed by atoms with Gasteiger partial charge in [-0.25, -0.2) is 4.98 Å². The molecule has 0 aliphatic carbocycles. The first kappa shape index (κ1) is 15.6. The second-order valence-electron chi connectivity index (χ2n) is 6.06. The third-order valence-corrected chi connectivity index (χ3v) is 4.04. The lowest BCUT2D eigenvalue weighted by Gasteiger charge is -2.11. The fraction of sp³-hybridized carbons (Fsp3) is 0.316. The lowest BCUT2D eigenvalue weighted by Crippen LogP contribution is -2.12. The van der Waals surface area contributed by atoms with Gasteiger partial charge in [0.1, 0.15) is 0 Å². The standard InChI is InChI=1S/C19H23N3O/c1-14(2)16-9-7-15(8-10-16)13-22-18-6-4-3-5-17(18)21-19(22)20-11-12-23/h3-10,14,23H,11-13H2,1-2H3,(H,20,21). The maximum Gasteiger partial charge on any atom is 0.204 e. The summed E-state index contributed by atoms with van der Waals surface area (Å²) < 4.78 is 2.16. The van der Waals surface area contributed by atoms with Gasteiger partial charge in [0.2, 0.25) is 5.95 Å². The van der Waals surface area contributed by atoms with Crippen molar-refractivity contribution in [1.82, 2.24) is 9.55 Å². The number of imidazole rings is 1. The predicted molar refractivity (Wildman–Crippen MR) is 94.9 cm³/mol. The Bertz CT molecular complexity index is 775. The average molecular weight is 309 g/mol. The van der Waals surface area contributed by atoms with Crippen LogP contribution in [0.4, 0.5) is 5.95 Å². The number of nitrogens with one attached hydrogen (secondary N) is 1. The minimum Gasteiger partial charge on any atom is -0.395 e. The third-order valence-electron chi connectivity index (χ3n) is 4.04. The number of hydrogen-bond donors (Lipinski definition) is 2. The van der Waals surface area contributed by atoms with E-state index in [1.54, 1.807) is 0 Å². The molecule has 4 nitrogen and oxygen atoms in total. The second kappa shape index (κ2) is 6.84. The van der Waals surface area contributed by atoms with Crippen LogP contribution in [-0.4, -0.2) is 27.8 Å². The van der Waals surface area contributed by atoms with Gasteiger partial charge in [-0.05, 0) is 29.2 Å². The van der Waals surface area contributed by atoms with E-state index >= 15 is 0 Å². The summed E-state index contributed by atoms with van der Waals surface area (Å²) in [6.45, 7) is 5.75. The lowest BCUT2D eigenvalue weighted by atomic mass is 10.0. The summed E-state index contributed by atoms with van der Waals surface area (Å²) in [4.78, 5) is 4.63. The van der Waals surface area contributed by atoms with Crippen LogP contribution in [0.1, 0.15) is 30.9 Å². The molecular formula is C19H23N3O. The molecule has 120 valence electrons. The first-order valence-electron chi connectivity index (χ1n) is 8.08. The van der Waals surface area contributed by atoms with Gasteiger partial charge in [-0.15, -0.1) is 0 Å². The predicted octanol–water partition coefficient (Wildman–Crippen LogP) is 3.61. The maximum absolute atomic E-state index is 9.07. The molecule has 0 aliphatic rings. The largest absolute Gasteiger partial charge is 0.395 e. The quantitative estimate of drug-likeness (QED) is 0.731. The van der Waals surface area contributed by atoms with E-state index in [9.17, 15) is 0 Å². The van der Waals surface area contributed by atoms with Gasteiger partial charge in [-0.3, -0.25) is 0 Å². The van der Waals surface area contributed by atoms with E-state index in [1.165, 1.54) is 11.1 Å². The molecule has 1 aromatic heterocycles. The Labute approximate surface area is 136 Å². The van der Waals surface area contributed by atoms with Crippen molar-refractivity contribution in [3.63, 3.8) is 0 Å². The second-order valence-corrected chi connectivity index (χ2v) is 6.06. The molecule has 0 aliphatic heterocycles. The molecule has 3 aromatic rings. The van der Waals surface area contributed by atoms with Crippen molar-refractivity contribution < 1.29 is 5.11 Å². The molecule has 0 spiro atoms. The molecule has 1 heterocycles. The van der Waals surface area contributed by atoms with Crippen molar-refractivity contribution in [2.75, 3.05) is 18.5 Å². The third kappa shape index (κ3) is 3.37. The van der Waals surface area contributed by atoms with E-state index in [2.05, 4.69) is 59.0 Å². The Morgan fingerprint density at radius 2 is 1.83 bits per heavy atom. The van der Waals surface area contributed by atoms with Crippen LogP contribution in [0.25, 0.3) is 11.0 Å². The van der Waals surface area contributed by atoms with E-state index in [1.807, 2.05) is 18.2 Å². The van der Waals surface area contributed by atoms with Gasteiger partial charge < -0.3 is 15.0 Å². The number of fused-ring (bicyclic) bond motifs is 1. The highest BCUT2D eigenvalue weighted by molar-refractivity contribution is 5.78. The van der Waals surface area contributed by atoms with Gasteiger partial charge in [-0.1, -0.05) is 50.2 Å². The molecule has 0 bridgehead atoms. The Hall–Kier alpha value is -2.33. The molecule has 0 amide bonds. The molecule has 4 heteroatoms. The smallest absolute Gasteiger partial charge is 0.204 e. The van der Waals surface area contributed by atoms with E-state index in [0.29, 0.717) is 12.5 Å². The van der Waals surface area contributed by atoms with Crippen LogP contribution in [0.2, 0.25) is 0 Å². The zero-order valence-electron chi connectivity index (χ0n) is 13.7. The monoisotopic (exact) mass is 309 g/mol. The van der Waals surface area contributed by atoms with Crippen LogP contribution in [0.15, 0.2) is 48.5 Å². The number of nitrogens with zero attached hydrogens (tertiary/aromatic N) is 2. The Kier molecular flexibility index (Phi) is 4.63. The Balaban J connectivity index is 1.94. The topological polar surface area (TPSA) is 50.1 Å². The van der Waals surface area contributed by atoms with Crippen LogP contribution in [0.5, 0.6) is 0 Å². The molecule has 0 saturated heterocycles. The van der Waals surface area contributed by atoms with Gasteiger partial charge in [-0.2, -0.15) is 0 Å². The summed E-state index contributed by atoms with van der Waals surface area (Å²) in [7, 11) is 0. The minimum absolute atomic E-state index is 0.0896. The molecule has 3 rings (SSSR count). The van der Waals surface area contributed by atoms with Crippen molar-refractivity contribution in [3.05, 3.63) is 59.7 Å². The molecule has 0 atom stereocenters. The van der Waals surface area contributed by atoms with Crippen LogP contribution in [0, 0.1) is 0 Å². The molecular weight excluding hydrogens is 286 g/mol. The normalized spacial score (nSPS) is 11.3. The van der Waals surface area contributed by atoms with Gasteiger partial charge >= 0.3 is 0 Å². The summed E-state index contributed by atoms with van der Waals surface area (Å²) in [6.07, 6.45) is 0. The van der Waals surface area contributed by atoms with Gasteiger partial charge in [0, 0.05) is 6.54 Å². The minimum atomic E-state index is 0.0896. The van der Waals surface area contributed by atoms with Crippen molar-refractivity contribution in [1.29, 1.82) is 0 Å². The van der Waals surface area contributed by atoms with Crippen molar-refractivity contribution >= 4 is 17.0 Å². The number of aromatic nitrogens is 2. The van der Waals surface area contributed by atoms with Gasteiger partial charge in [0.05, 0.1) is 24.2 Å². The summed E-state index contributed by atoms with van der Waals surface area (Å²) in [5, 5.41) is 12.3. The van der Waals surface area contributed by atoms with Crippen molar-refractivity contribution in [3.8, 4) is 0 Å². The summed E-state index contributed by atoms with van der Waals surface area (Å²) in [5.74, 6) is 1.34. The summed E-state index contributed by atoms with van der Waals surface area (Å²) in [6, 6.07) is 16.9. The van der Waals surface area contributed by atoms with Crippen LogP contribution < -0.4 is 5.32 Å². The van der Waals surface area contributed by atoms with E-state index in [4.69, 9.17) is 5.11 Å². The number of rotatable bonds is 6. The first-order chi connectivity index (χ1) is 11.2. The molecule has 0 radical (unpaired) electrons. The number of aliphatic hydroxyl groups excluding tert-OH is 1. The fourth-order valence-electron chi connectivity index (χ4n) is 2.73. The summed E-state index contributed by atoms with van der Waals surface area (Å²) in [5.41, 5.74) is 4.65. The van der Waals surface area contributed by atoms with Gasteiger partial charge in [0.25, 0.3) is 0 Å². The van der Waals surface area contributed by atoms with Crippen molar-refractivity contribution in [2.24, 2.45) is 0 Å². The van der Waals surface area contributed by atoms with E-state index in [-0.39, 0.29) is 6.61 Å². The zero-order chi connectivity index (χ0) is 16.2. The number of benzene rings is 2. The van der Waals surface area contributed by atoms with E-state index < -0.39 is 0 Å². The zero-order valence-corrected chi connectivity index (χ0v) is 13.7. The molecule has 2 aromatic carbocycles. The Morgan fingerprint density at radius 3 is 2.52 bits per heavy atom. The number of hydrogen-bond acceptors (Lipinski definition) is 3. The highest BCUT2D eigenvalue weighted by atomic mass is 16.3.